The quantitative estimate of drug-likeness (QED) is 0.367. The summed E-state index contributed by atoms with van der Waals surface area (Å²) in [6, 6.07) is 8.05. The van der Waals surface area contributed by atoms with Crippen molar-refractivity contribution in [2.24, 2.45) is 0 Å². The van der Waals surface area contributed by atoms with E-state index in [-0.39, 0.29) is 24.3 Å². The van der Waals surface area contributed by atoms with Crippen molar-refractivity contribution >= 4 is 22.8 Å². The fourth-order valence-corrected chi connectivity index (χ4v) is 4.45. The molecule has 4 rings (SSSR count). The molecule has 0 saturated carbocycles. The predicted octanol–water partition coefficient (Wildman–Crippen LogP) is 3.48. The molecule has 1 aromatic carbocycles. The Bertz CT molecular complexity index is 1120. The standard InChI is InChI=1S/C24H32F3N7O2/c1-2-3-6-18(15-17-16-28-20-8-5-4-7-19(17)20)29-22(35)21-30-23(32-31-21)34-11-9-33(10-12-34)13-14-36-24(25,26)27/h4-5,7-8,16,18,28H,2-3,6,9-15H2,1H3,(H,29,35)(H,30,31,32). The molecule has 196 valence electrons. The van der Waals surface area contributed by atoms with E-state index in [1.807, 2.05) is 34.2 Å². The Balaban J connectivity index is 1.31. The normalized spacial score (nSPS) is 15.9. The molecule has 1 fully saturated rings. The van der Waals surface area contributed by atoms with E-state index in [9.17, 15) is 18.0 Å². The Morgan fingerprint density at radius 2 is 2.00 bits per heavy atom. The van der Waals surface area contributed by atoms with Crippen LogP contribution in [0.2, 0.25) is 0 Å². The van der Waals surface area contributed by atoms with E-state index in [0.29, 0.717) is 38.5 Å². The first kappa shape index (κ1) is 26.0. The Hall–Kier alpha value is -3.12. The van der Waals surface area contributed by atoms with Crippen molar-refractivity contribution in [3.63, 3.8) is 0 Å². The molecule has 0 bridgehead atoms. The zero-order valence-electron chi connectivity index (χ0n) is 20.3. The molecular weight excluding hydrogens is 475 g/mol. The van der Waals surface area contributed by atoms with Crippen LogP contribution in [0.1, 0.15) is 42.4 Å². The summed E-state index contributed by atoms with van der Waals surface area (Å²) in [5.41, 5.74) is 2.23. The Kier molecular flexibility index (Phi) is 8.47. The van der Waals surface area contributed by atoms with Crippen LogP contribution in [-0.4, -0.2) is 82.7 Å². The molecule has 2 aromatic heterocycles. The van der Waals surface area contributed by atoms with Crippen LogP contribution in [0.4, 0.5) is 19.1 Å². The number of nitrogens with zero attached hydrogens (tertiary/aromatic N) is 4. The Morgan fingerprint density at radius 3 is 2.75 bits per heavy atom. The molecule has 1 amide bonds. The number of para-hydroxylation sites is 1. The SMILES string of the molecule is CCCCC(Cc1c[nH]c2ccccc12)NC(=O)c1nc(N2CCN(CCOC(F)(F)F)CC2)n[nH]1. The van der Waals surface area contributed by atoms with Gasteiger partial charge in [0.25, 0.3) is 5.91 Å². The molecule has 1 unspecified atom stereocenters. The fraction of sp³-hybridized carbons (Fsp3) is 0.542. The van der Waals surface area contributed by atoms with Gasteiger partial charge in [-0.05, 0) is 24.5 Å². The summed E-state index contributed by atoms with van der Waals surface area (Å²) in [6.07, 6.45) is 0.966. The molecule has 3 aromatic rings. The second kappa shape index (κ2) is 11.7. The highest BCUT2D eigenvalue weighted by Crippen LogP contribution is 2.21. The number of piperazine rings is 1. The number of amides is 1. The molecule has 0 spiro atoms. The molecular formula is C24H32F3N7O2. The van der Waals surface area contributed by atoms with Gasteiger partial charge in [0.15, 0.2) is 0 Å². The molecule has 9 nitrogen and oxygen atoms in total. The summed E-state index contributed by atoms with van der Waals surface area (Å²) < 4.78 is 40.3. The van der Waals surface area contributed by atoms with Crippen LogP contribution in [0.15, 0.2) is 30.5 Å². The first-order chi connectivity index (χ1) is 17.3. The molecule has 3 N–H and O–H groups in total. The number of carbonyl (C=O) groups is 1. The van der Waals surface area contributed by atoms with Gasteiger partial charge < -0.3 is 15.2 Å². The number of unbranched alkanes of at least 4 members (excludes halogenated alkanes) is 1. The van der Waals surface area contributed by atoms with Crippen molar-refractivity contribution in [1.82, 2.24) is 30.4 Å². The molecule has 0 radical (unpaired) electrons. The summed E-state index contributed by atoms with van der Waals surface area (Å²) in [6.45, 7) is 4.13. The first-order valence-corrected chi connectivity index (χ1v) is 12.3. The number of nitrogens with one attached hydrogen (secondary N) is 3. The Labute approximate surface area is 207 Å². The van der Waals surface area contributed by atoms with Gasteiger partial charge in [0, 0.05) is 55.9 Å². The highest BCUT2D eigenvalue weighted by Gasteiger charge is 2.29. The van der Waals surface area contributed by atoms with E-state index in [0.717, 1.165) is 35.7 Å². The number of aromatic amines is 2. The molecule has 1 aliphatic heterocycles. The zero-order chi connectivity index (χ0) is 25.5. The van der Waals surface area contributed by atoms with Gasteiger partial charge in [0.05, 0.1) is 6.61 Å². The minimum Gasteiger partial charge on any atom is -0.361 e. The van der Waals surface area contributed by atoms with E-state index in [2.05, 4.69) is 43.2 Å². The number of hydrogen-bond acceptors (Lipinski definition) is 6. The molecule has 36 heavy (non-hydrogen) atoms. The molecule has 1 atom stereocenters. The average molecular weight is 508 g/mol. The highest BCUT2D eigenvalue weighted by atomic mass is 19.4. The van der Waals surface area contributed by atoms with E-state index in [1.165, 1.54) is 0 Å². The van der Waals surface area contributed by atoms with E-state index >= 15 is 0 Å². The molecule has 1 aliphatic rings. The van der Waals surface area contributed by atoms with E-state index in [1.54, 1.807) is 0 Å². The topological polar surface area (TPSA) is 102 Å². The second-order valence-electron chi connectivity index (χ2n) is 8.98. The number of benzene rings is 1. The molecule has 0 aliphatic carbocycles. The summed E-state index contributed by atoms with van der Waals surface area (Å²) in [7, 11) is 0. The number of rotatable bonds is 11. The van der Waals surface area contributed by atoms with Crippen LogP contribution in [0, 0.1) is 0 Å². The molecule has 12 heteroatoms. The maximum Gasteiger partial charge on any atom is 0.522 e. The van der Waals surface area contributed by atoms with Crippen molar-refractivity contribution in [3.8, 4) is 0 Å². The number of hydrogen-bond donors (Lipinski definition) is 3. The zero-order valence-corrected chi connectivity index (χ0v) is 20.3. The lowest BCUT2D eigenvalue weighted by atomic mass is 10.0. The van der Waals surface area contributed by atoms with Gasteiger partial charge in [0.2, 0.25) is 11.8 Å². The largest absolute Gasteiger partial charge is 0.522 e. The van der Waals surface area contributed by atoms with Gasteiger partial charge >= 0.3 is 6.36 Å². The lowest BCUT2D eigenvalue weighted by molar-refractivity contribution is -0.325. The van der Waals surface area contributed by atoms with Crippen LogP contribution in [-0.2, 0) is 11.2 Å². The first-order valence-electron chi connectivity index (χ1n) is 12.3. The number of H-pyrrole nitrogens is 2. The van der Waals surface area contributed by atoms with Crippen molar-refractivity contribution in [3.05, 3.63) is 41.9 Å². The van der Waals surface area contributed by atoms with Crippen molar-refractivity contribution in [2.75, 3.05) is 44.2 Å². The van der Waals surface area contributed by atoms with Gasteiger partial charge in [-0.15, -0.1) is 18.3 Å². The van der Waals surface area contributed by atoms with Crippen LogP contribution in [0.25, 0.3) is 10.9 Å². The smallest absolute Gasteiger partial charge is 0.361 e. The number of carbonyl (C=O) groups excluding carboxylic acids is 1. The lowest BCUT2D eigenvalue weighted by Gasteiger charge is -2.33. The Morgan fingerprint density at radius 1 is 1.22 bits per heavy atom. The van der Waals surface area contributed by atoms with Gasteiger partial charge in [-0.2, -0.15) is 4.98 Å². The van der Waals surface area contributed by atoms with Gasteiger partial charge in [-0.1, -0.05) is 38.0 Å². The number of ether oxygens (including phenoxy) is 1. The second-order valence-corrected chi connectivity index (χ2v) is 8.98. The van der Waals surface area contributed by atoms with Crippen molar-refractivity contribution in [1.29, 1.82) is 0 Å². The van der Waals surface area contributed by atoms with Crippen LogP contribution < -0.4 is 10.2 Å². The summed E-state index contributed by atoms with van der Waals surface area (Å²) in [5.74, 6) is 0.247. The van der Waals surface area contributed by atoms with Gasteiger partial charge in [-0.3, -0.25) is 19.5 Å². The predicted molar refractivity (Wildman–Crippen MR) is 130 cm³/mol. The minimum atomic E-state index is -4.61. The monoisotopic (exact) mass is 507 g/mol. The molecule has 1 saturated heterocycles. The highest BCUT2D eigenvalue weighted by molar-refractivity contribution is 5.91. The van der Waals surface area contributed by atoms with E-state index in [4.69, 9.17) is 0 Å². The average Bonchev–Trinajstić information content (AvgIpc) is 3.50. The summed E-state index contributed by atoms with van der Waals surface area (Å²) in [4.78, 5) is 24.4. The number of fused-ring (bicyclic) bond motifs is 1. The maximum absolute atomic E-state index is 13.0. The number of anilines is 1. The summed E-state index contributed by atoms with van der Waals surface area (Å²) in [5, 5.41) is 11.2. The van der Waals surface area contributed by atoms with Crippen LogP contribution in [0.5, 0.6) is 0 Å². The van der Waals surface area contributed by atoms with Crippen molar-refractivity contribution < 1.29 is 22.7 Å². The van der Waals surface area contributed by atoms with Crippen LogP contribution in [0.3, 0.4) is 0 Å². The number of alkyl halides is 3. The van der Waals surface area contributed by atoms with Crippen molar-refractivity contribution in [2.45, 2.75) is 45.0 Å². The van der Waals surface area contributed by atoms with E-state index < -0.39 is 13.0 Å². The maximum atomic E-state index is 13.0. The minimum absolute atomic E-state index is 0.0485. The number of halogens is 3. The fourth-order valence-electron chi connectivity index (χ4n) is 4.45. The van der Waals surface area contributed by atoms with Crippen LogP contribution >= 0.6 is 0 Å². The lowest BCUT2D eigenvalue weighted by Crippen LogP contribution is -2.48. The number of aromatic nitrogens is 4. The summed E-state index contributed by atoms with van der Waals surface area (Å²) >= 11 is 0. The third-order valence-corrected chi connectivity index (χ3v) is 6.40. The van der Waals surface area contributed by atoms with Gasteiger partial charge in [0.1, 0.15) is 0 Å². The molecule has 3 heterocycles. The van der Waals surface area contributed by atoms with Gasteiger partial charge in [-0.25, -0.2) is 0 Å². The third-order valence-electron chi connectivity index (χ3n) is 6.40. The third kappa shape index (κ3) is 6.97.